The number of carbonyl (C=O) groups excluding carboxylic acids is 1. The van der Waals surface area contributed by atoms with Crippen molar-refractivity contribution >= 4 is 11.7 Å². The van der Waals surface area contributed by atoms with Crippen LogP contribution in [0.25, 0.3) is 11.4 Å². The molecule has 2 aromatic rings. The van der Waals surface area contributed by atoms with Gasteiger partial charge >= 0.3 is 0 Å². The van der Waals surface area contributed by atoms with Crippen LogP contribution >= 0.6 is 0 Å². The standard InChI is InChI=1S/C22H31N5O/c1-3-5-9-12-23-20-17-19(22(28)27-15-13-26(4-2)14-16-27)24-21(25-20)18-10-7-6-8-11-18/h6-8,10-11,17H,3-5,9,12-16H2,1-2H3,(H,23,24,25). The predicted octanol–water partition coefficient (Wildman–Crippen LogP) is 3.52. The molecule has 6 heteroatoms. The molecule has 3 rings (SSSR count). The normalized spacial score (nSPS) is 14.9. The van der Waals surface area contributed by atoms with Gasteiger partial charge in [0.25, 0.3) is 5.91 Å². The third-order valence-corrected chi connectivity index (χ3v) is 5.17. The number of aromatic nitrogens is 2. The average Bonchev–Trinajstić information content (AvgIpc) is 2.76. The van der Waals surface area contributed by atoms with Gasteiger partial charge in [0.2, 0.25) is 0 Å². The summed E-state index contributed by atoms with van der Waals surface area (Å²) in [6, 6.07) is 11.6. The Bertz CT molecular complexity index is 757. The Morgan fingerprint density at radius 2 is 1.79 bits per heavy atom. The fourth-order valence-electron chi connectivity index (χ4n) is 3.38. The number of amides is 1. The van der Waals surface area contributed by atoms with Gasteiger partial charge in [-0.05, 0) is 13.0 Å². The van der Waals surface area contributed by atoms with Crippen LogP contribution in [0.2, 0.25) is 0 Å². The van der Waals surface area contributed by atoms with Crippen molar-refractivity contribution in [3.63, 3.8) is 0 Å². The van der Waals surface area contributed by atoms with Crippen LogP contribution < -0.4 is 5.32 Å². The number of hydrogen-bond donors (Lipinski definition) is 1. The molecule has 1 fully saturated rings. The van der Waals surface area contributed by atoms with E-state index in [1.165, 1.54) is 12.8 Å². The molecule has 28 heavy (non-hydrogen) atoms. The van der Waals surface area contributed by atoms with Crippen LogP contribution in [0.5, 0.6) is 0 Å². The van der Waals surface area contributed by atoms with Crippen molar-refractivity contribution in [2.75, 3.05) is 44.6 Å². The minimum absolute atomic E-state index is 0.00746. The van der Waals surface area contributed by atoms with E-state index in [4.69, 9.17) is 0 Å². The van der Waals surface area contributed by atoms with Crippen LogP contribution in [0.3, 0.4) is 0 Å². The van der Waals surface area contributed by atoms with Crippen molar-refractivity contribution in [1.29, 1.82) is 0 Å². The fraction of sp³-hybridized carbons (Fsp3) is 0.500. The van der Waals surface area contributed by atoms with E-state index in [2.05, 4.69) is 34.0 Å². The van der Waals surface area contributed by atoms with Gasteiger partial charge in [-0.3, -0.25) is 4.79 Å². The van der Waals surface area contributed by atoms with Gasteiger partial charge in [0.05, 0.1) is 0 Å². The first-order valence-corrected chi connectivity index (χ1v) is 10.4. The molecule has 2 heterocycles. The molecule has 1 N–H and O–H groups in total. The number of likely N-dealkylation sites (N-methyl/N-ethyl adjacent to an activating group) is 1. The summed E-state index contributed by atoms with van der Waals surface area (Å²) in [5.41, 5.74) is 1.39. The summed E-state index contributed by atoms with van der Waals surface area (Å²) in [7, 11) is 0. The Kier molecular flexibility index (Phi) is 7.37. The molecule has 1 aromatic heterocycles. The molecule has 1 aromatic carbocycles. The Hall–Kier alpha value is -2.47. The minimum atomic E-state index is -0.00746. The molecule has 1 amide bonds. The average molecular weight is 382 g/mol. The maximum atomic E-state index is 13.1. The summed E-state index contributed by atoms with van der Waals surface area (Å²) in [5.74, 6) is 1.31. The summed E-state index contributed by atoms with van der Waals surface area (Å²) in [6.45, 7) is 9.55. The van der Waals surface area contributed by atoms with E-state index in [0.29, 0.717) is 11.5 Å². The summed E-state index contributed by atoms with van der Waals surface area (Å²) in [6.07, 6.45) is 3.44. The van der Waals surface area contributed by atoms with E-state index in [1.807, 2.05) is 35.2 Å². The Morgan fingerprint density at radius 3 is 2.46 bits per heavy atom. The molecule has 0 radical (unpaired) electrons. The van der Waals surface area contributed by atoms with Crippen molar-refractivity contribution < 1.29 is 4.79 Å². The summed E-state index contributed by atoms with van der Waals surface area (Å²) in [5, 5.41) is 3.37. The maximum absolute atomic E-state index is 13.1. The smallest absolute Gasteiger partial charge is 0.272 e. The van der Waals surface area contributed by atoms with Crippen LogP contribution in [0, 0.1) is 0 Å². The zero-order valence-corrected chi connectivity index (χ0v) is 17.0. The number of hydrogen-bond acceptors (Lipinski definition) is 5. The highest BCUT2D eigenvalue weighted by Gasteiger charge is 2.23. The first-order valence-electron chi connectivity index (χ1n) is 10.4. The first-order chi connectivity index (χ1) is 13.7. The molecule has 1 saturated heterocycles. The van der Waals surface area contributed by atoms with Crippen LogP contribution in [0.4, 0.5) is 5.82 Å². The molecule has 1 aliphatic heterocycles. The topological polar surface area (TPSA) is 61.4 Å². The highest BCUT2D eigenvalue weighted by molar-refractivity contribution is 5.93. The van der Waals surface area contributed by atoms with E-state index in [1.54, 1.807) is 6.07 Å². The number of benzene rings is 1. The van der Waals surface area contributed by atoms with Gasteiger partial charge < -0.3 is 15.1 Å². The largest absolute Gasteiger partial charge is 0.370 e. The lowest BCUT2D eigenvalue weighted by molar-refractivity contribution is 0.0637. The van der Waals surface area contributed by atoms with E-state index in [9.17, 15) is 4.79 Å². The molecule has 0 atom stereocenters. The molecule has 0 saturated carbocycles. The van der Waals surface area contributed by atoms with Gasteiger partial charge in [-0.2, -0.15) is 0 Å². The number of nitrogens with one attached hydrogen (secondary N) is 1. The lowest BCUT2D eigenvalue weighted by atomic mass is 10.2. The number of rotatable bonds is 8. The number of unbranched alkanes of at least 4 members (excludes halogenated alkanes) is 2. The van der Waals surface area contributed by atoms with Gasteiger partial charge in [0.1, 0.15) is 11.5 Å². The lowest BCUT2D eigenvalue weighted by Crippen LogP contribution is -2.48. The van der Waals surface area contributed by atoms with Crippen molar-refractivity contribution in [3.8, 4) is 11.4 Å². The maximum Gasteiger partial charge on any atom is 0.272 e. The Balaban J connectivity index is 1.81. The fourth-order valence-corrected chi connectivity index (χ4v) is 3.38. The second-order valence-corrected chi connectivity index (χ2v) is 7.19. The van der Waals surface area contributed by atoms with E-state index >= 15 is 0 Å². The lowest BCUT2D eigenvalue weighted by Gasteiger charge is -2.33. The number of anilines is 1. The third kappa shape index (κ3) is 5.29. The number of piperazine rings is 1. The van der Waals surface area contributed by atoms with Gasteiger partial charge in [0.15, 0.2) is 5.82 Å². The Labute approximate surface area is 168 Å². The minimum Gasteiger partial charge on any atom is -0.370 e. The highest BCUT2D eigenvalue weighted by atomic mass is 16.2. The van der Waals surface area contributed by atoms with E-state index in [0.717, 1.165) is 57.1 Å². The first kappa shape index (κ1) is 20.3. The van der Waals surface area contributed by atoms with Gasteiger partial charge in [-0.15, -0.1) is 0 Å². The van der Waals surface area contributed by atoms with E-state index in [-0.39, 0.29) is 5.91 Å². The molecule has 1 aliphatic rings. The molecule has 0 unspecified atom stereocenters. The van der Waals surface area contributed by atoms with Gasteiger partial charge in [-0.25, -0.2) is 9.97 Å². The molecular weight excluding hydrogens is 350 g/mol. The predicted molar refractivity (Wildman–Crippen MR) is 114 cm³/mol. The molecule has 0 bridgehead atoms. The van der Waals surface area contributed by atoms with Crippen molar-refractivity contribution in [2.24, 2.45) is 0 Å². The Morgan fingerprint density at radius 1 is 1.04 bits per heavy atom. The SMILES string of the molecule is CCCCCNc1cc(C(=O)N2CCN(CC)CC2)nc(-c2ccccc2)n1. The zero-order valence-electron chi connectivity index (χ0n) is 17.0. The summed E-state index contributed by atoms with van der Waals surface area (Å²) >= 11 is 0. The van der Waals surface area contributed by atoms with E-state index < -0.39 is 0 Å². The highest BCUT2D eigenvalue weighted by Crippen LogP contribution is 2.19. The summed E-state index contributed by atoms with van der Waals surface area (Å²) in [4.78, 5) is 26.6. The number of carbonyl (C=O) groups is 1. The molecular formula is C22H31N5O. The van der Waals surface area contributed by atoms with Crippen molar-refractivity contribution in [3.05, 3.63) is 42.1 Å². The van der Waals surface area contributed by atoms with Crippen molar-refractivity contribution in [2.45, 2.75) is 33.1 Å². The second kappa shape index (κ2) is 10.2. The van der Waals surface area contributed by atoms with Gasteiger partial charge in [-0.1, -0.05) is 57.0 Å². The monoisotopic (exact) mass is 381 g/mol. The quantitative estimate of drug-likeness (QED) is 0.709. The molecule has 0 aliphatic carbocycles. The molecule has 150 valence electrons. The number of nitrogens with zero attached hydrogens (tertiary/aromatic N) is 4. The van der Waals surface area contributed by atoms with Crippen LogP contribution in [-0.2, 0) is 0 Å². The van der Waals surface area contributed by atoms with Crippen LogP contribution in [-0.4, -0.2) is 64.9 Å². The van der Waals surface area contributed by atoms with Crippen molar-refractivity contribution in [1.82, 2.24) is 19.8 Å². The van der Waals surface area contributed by atoms with Crippen LogP contribution in [0.1, 0.15) is 43.6 Å². The molecule has 6 nitrogen and oxygen atoms in total. The van der Waals surface area contributed by atoms with Gasteiger partial charge in [0, 0.05) is 44.4 Å². The molecule has 0 spiro atoms. The zero-order chi connectivity index (χ0) is 19.8. The third-order valence-electron chi connectivity index (χ3n) is 5.17. The van der Waals surface area contributed by atoms with Crippen LogP contribution in [0.15, 0.2) is 36.4 Å². The summed E-state index contributed by atoms with van der Waals surface area (Å²) < 4.78 is 0. The second-order valence-electron chi connectivity index (χ2n) is 7.19.